The van der Waals surface area contributed by atoms with E-state index in [4.69, 9.17) is 4.42 Å². The molecule has 2 aromatic heterocycles. The number of thioether (sulfide) groups is 2. The maximum absolute atomic E-state index is 5.46. The van der Waals surface area contributed by atoms with Crippen molar-refractivity contribution in [1.82, 2.24) is 20.4 Å². The first-order chi connectivity index (χ1) is 12.0. The Bertz CT molecular complexity index is 813. The number of aryl methyl sites for hydroxylation is 1. The lowest BCUT2D eigenvalue weighted by molar-refractivity contribution is 0.470. The SMILES string of the molecule is Cc1nnc(C(C)Sc2nnc(SCc3ccc(C(C)C)cc3)s2)o1. The molecule has 25 heavy (non-hydrogen) atoms. The Hall–Kier alpha value is -1.38. The molecule has 0 aliphatic carbocycles. The highest BCUT2D eigenvalue weighted by Crippen LogP contribution is 2.38. The highest BCUT2D eigenvalue weighted by Gasteiger charge is 2.17. The van der Waals surface area contributed by atoms with E-state index in [1.165, 1.54) is 11.1 Å². The van der Waals surface area contributed by atoms with Crippen molar-refractivity contribution in [3.63, 3.8) is 0 Å². The van der Waals surface area contributed by atoms with Crippen LogP contribution in [-0.2, 0) is 5.75 Å². The first kappa shape index (κ1) is 18.4. The van der Waals surface area contributed by atoms with Crippen LogP contribution in [0, 0.1) is 6.92 Å². The Balaban J connectivity index is 1.54. The number of benzene rings is 1. The molecule has 1 unspecified atom stereocenters. The lowest BCUT2D eigenvalue weighted by Crippen LogP contribution is -1.88. The Morgan fingerprint density at radius 1 is 1.00 bits per heavy atom. The Labute approximate surface area is 160 Å². The van der Waals surface area contributed by atoms with E-state index in [0.29, 0.717) is 17.7 Å². The minimum atomic E-state index is 0.0653. The number of rotatable bonds is 7. The van der Waals surface area contributed by atoms with Crippen LogP contribution in [0.4, 0.5) is 0 Å². The first-order valence-corrected chi connectivity index (χ1v) is 10.7. The molecule has 0 spiro atoms. The van der Waals surface area contributed by atoms with Crippen molar-refractivity contribution in [2.75, 3.05) is 0 Å². The van der Waals surface area contributed by atoms with Crippen LogP contribution in [0.15, 0.2) is 37.4 Å². The molecule has 0 saturated carbocycles. The zero-order valence-electron chi connectivity index (χ0n) is 14.6. The predicted molar refractivity (Wildman–Crippen MR) is 103 cm³/mol. The van der Waals surface area contributed by atoms with Gasteiger partial charge in [-0.3, -0.25) is 0 Å². The van der Waals surface area contributed by atoms with Gasteiger partial charge in [-0.2, -0.15) is 0 Å². The quantitative estimate of drug-likeness (QED) is 0.492. The van der Waals surface area contributed by atoms with Gasteiger partial charge in [0.05, 0.1) is 5.25 Å². The molecule has 1 aromatic carbocycles. The monoisotopic (exact) mass is 392 g/mol. The Morgan fingerprint density at radius 2 is 1.72 bits per heavy atom. The summed E-state index contributed by atoms with van der Waals surface area (Å²) in [6, 6.07) is 8.80. The molecular formula is C17H20N4OS3. The summed E-state index contributed by atoms with van der Waals surface area (Å²) in [5, 5.41) is 16.5. The molecule has 8 heteroatoms. The maximum Gasteiger partial charge on any atom is 0.229 e. The van der Waals surface area contributed by atoms with Crippen LogP contribution in [0.5, 0.6) is 0 Å². The highest BCUT2D eigenvalue weighted by molar-refractivity contribution is 8.03. The molecule has 0 amide bonds. The molecule has 1 atom stereocenters. The second-order valence-corrected chi connectivity index (χ2v) is 9.73. The average Bonchev–Trinajstić information content (AvgIpc) is 3.22. The van der Waals surface area contributed by atoms with Crippen molar-refractivity contribution in [2.24, 2.45) is 0 Å². The number of hydrogen-bond acceptors (Lipinski definition) is 8. The van der Waals surface area contributed by atoms with Gasteiger partial charge in [0.25, 0.3) is 0 Å². The van der Waals surface area contributed by atoms with Crippen molar-refractivity contribution >= 4 is 34.9 Å². The van der Waals surface area contributed by atoms with Gasteiger partial charge >= 0.3 is 0 Å². The summed E-state index contributed by atoms with van der Waals surface area (Å²) in [6.07, 6.45) is 0. The molecule has 132 valence electrons. The Morgan fingerprint density at radius 3 is 2.36 bits per heavy atom. The minimum Gasteiger partial charge on any atom is -0.424 e. The van der Waals surface area contributed by atoms with E-state index >= 15 is 0 Å². The van der Waals surface area contributed by atoms with Crippen LogP contribution in [0.25, 0.3) is 0 Å². The van der Waals surface area contributed by atoms with Gasteiger partial charge in [0, 0.05) is 12.7 Å². The van der Waals surface area contributed by atoms with Crippen molar-refractivity contribution in [1.29, 1.82) is 0 Å². The molecule has 0 bridgehead atoms. The third kappa shape index (κ3) is 5.05. The van der Waals surface area contributed by atoms with Gasteiger partial charge in [-0.15, -0.1) is 20.4 Å². The summed E-state index contributed by atoms with van der Waals surface area (Å²) in [5.74, 6) is 2.67. The van der Waals surface area contributed by atoms with Crippen LogP contribution < -0.4 is 0 Å². The molecular weight excluding hydrogens is 372 g/mol. The first-order valence-electron chi connectivity index (χ1n) is 8.03. The second kappa shape index (κ2) is 8.33. The number of hydrogen-bond donors (Lipinski definition) is 0. The largest absolute Gasteiger partial charge is 0.424 e. The van der Waals surface area contributed by atoms with Crippen molar-refractivity contribution in [3.05, 3.63) is 47.2 Å². The molecule has 5 nitrogen and oxygen atoms in total. The van der Waals surface area contributed by atoms with Gasteiger partial charge < -0.3 is 4.42 Å². The standard InChI is InChI=1S/C17H20N4OS3/c1-10(2)14-7-5-13(6-8-14)9-23-16-20-21-17(25-16)24-11(3)15-19-18-12(4)22-15/h5-8,10-11H,9H2,1-4H3. The molecule has 3 aromatic rings. The predicted octanol–water partition coefficient (Wildman–Crippen LogP) is 5.50. The molecule has 0 aliphatic heterocycles. The molecule has 0 N–H and O–H groups in total. The van der Waals surface area contributed by atoms with E-state index in [2.05, 4.69) is 58.5 Å². The molecule has 0 fully saturated rings. The fourth-order valence-corrected chi connectivity index (χ4v) is 5.27. The highest BCUT2D eigenvalue weighted by atomic mass is 32.2. The normalized spacial score (nSPS) is 12.7. The van der Waals surface area contributed by atoms with Crippen molar-refractivity contribution < 1.29 is 4.42 Å². The van der Waals surface area contributed by atoms with E-state index in [0.717, 1.165) is 14.4 Å². The zero-order valence-corrected chi connectivity index (χ0v) is 17.0. The van der Waals surface area contributed by atoms with E-state index < -0.39 is 0 Å². The lowest BCUT2D eigenvalue weighted by Gasteiger charge is -2.06. The van der Waals surface area contributed by atoms with Gasteiger partial charge in [-0.05, 0) is 24.0 Å². The third-order valence-corrected chi connectivity index (χ3v) is 6.86. The molecule has 3 rings (SSSR count). The van der Waals surface area contributed by atoms with Crippen LogP contribution >= 0.6 is 34.9 Å². The fraction of sp³-hybridized carbons (Fsp3) is 0.412. The number of aromatic nitrogens is 4. The lowest BCUT2D eigenvalue weighted by atomic mass is 10.0. The Kier molecular flexibility index (Phi) is 6.14. The molecule has 0 saturated heterocycles. The van der Waals surface area contributed by atoms with Gasteiger partial charge in [0.2, 0.25) is 11.8 Å². The summed E-state index contributed by atoms with van der Waals surface area (Å²) in [7, 11) is 0. The average molecular weight is 393 g/mol. The van der Waals surface area contributed by atoms with Crippen LogP contribution in [0.2, 0.25) is 0 Å². The van der Waals surface area contributed by atoms with Gasteiger partial charge in [-0.1, -0.05) is 73.0 Å². The van der Waals surface area contributed by atoms with Gasteiger partial charge in [0.15, 0.2) is 8.68 Å². The summed E-state index contributed by atoms with van der Waals surface area (Å²) in [4.78, 5) is 0. The maximum atomic E-state index is 5.46. The second-order valence-electron chi connectivity index (χ2n) is 5.94. The fourth-order valence-electron chi connectivity index (χ4n) is 2.12. The summed E-state index contributed by atoms with van der Waals surface area (Å²) >= 11 is 4.91. The van der Waals surface area contributed by atoms with E-state index in [1.807, 2.05) is 6.92 Å². The van der Waals surface area contributed by atoms with Crippen LogP contribution in [0.1, 0.15) is 54.8 Å². The summed E-state index contributed by atoms with van der Waals surface area (Å²) < 4.78 is 7.36. The molecule has 2 heterocycles. The van der Waals surface area contributed by atoms with Gasteiger partial charge in [0.1, 0.15) is 0 Å². The van der Waals surface area contributed by atoms with E-state index in [9.17, 15) is 0 Å². The van der Waals surface area contributed by atoms with Gasteiger partial charge in [-0.25, -0.2) is 0 Å². The molecule has 0 radical (unpaired) electrons. The van der Waals surface area contributed by atoms with Crippen LogP contribution in [0.3, 0.4) is 0 Å². The van der Waals surface area contributed by atoms with Crippen molar-refractivity contribution in [2.45, 2.75) is 53.3 Å². The van der Waals surface area contributed by atoms with E-state index in [1.54, 1.807) is 41.8 Å². The summed E-state index contributed by atoms with van der Waals surface area (Å²) in [5.41, 5.74) is 2.67. The topological polar surface area (TPSA) is 64.7 Å². The van der Waals surface area contributed by atoms with Crippen LogP contribution in [-0.4, -0.2) is 20.4 Å². The van der Waals surface area contributed by atoms with Crippen molar-refractivity contribution in [3.8, 4) is 0 Å². The molecule has 0 aliphatic rings. The zero-order chi connectivity index (χ0) is 17.8. The smallest absolute Gasteiger partial charge is 0.229 e. The minimum absolute atomic E-state index is 0.0653. The summed E-state index contributed by atoms with van der Waals surface area (Å²) in [6.45, 7) is 8.24. The number of nitrogens with zero attached hydrogens (tertiary/aromatic N) is 4. The van der Waals surface area contributed by atoms with E-state index in [-0.39, 0.29) is 5.25 Å². The third-order valence-electron chi connectivity index (χ3n) is 3.56.